The van der Waals surface area contributed by atoms with Crippen molar-refractivity contribution >= 4 is 51.2 Å². The summed E-state index contributed by atoms with van der Waals surface area (Å²) >= 11 is 8.42. The van der Waals surface area contributed by atoms with Crippen molar-refractivity contribution in [3.8, 4) is 0 Å². The van der Waals surface area contributed by atoms with Gasteiger partial charge in [0.2, 0.25) is 5.91 Å². The number of nitrogens with one attached hydrogen (secondary N) is 2. The van der Waals surface area contributed by atoms with E-state index in [1.165, 1.54) is 11.5 Å². The smallest absolute Gasteiger partial charge is 0.231 e. The molecule has 34 heavy (non-hydrogen) atoms. The van der Waals surface area contributed by atoms with Crippen LogP contribution in [-0.4, -0.2) is 62.5 Å². The molecule has 4 aliphatic rings. The van der Waals surface area contributed by atoms with Crippen LogP contribution in [-0.2, 0) is 4.79 Å². The first kappa shape index (κ1) is 22.4. The standard InChI is InChI=1S/C24H30ClN7OS/c1-12-21(34-24(28-12)14-4-6-32(7-5-14)11-18(26)33)23-30-20-19(16(25)10-27-22(20)31-23)29-17-9-13-2-3-15(17)8-13/h2-3,10,12-15,17,21H,4-9,11H2,1H3,(H2,26,33)(H2,27,29,30,31). The van der Waals surface area contributed by atoms with Crippen LogP contribution in [0.25, 0.3) is 11.2 Å². The number of anilines is 1. The molecule has 2 bridgehead atoms. The van der Waals surface area contributed by atoms with E-state index in [2.05, 4.69) is 39.3 Å². The lowest BCUT2D eigenvalue weighted by Gasteiger charge is -2.30. The van der Waals surface area contributed by atoms with E-state index >= 15 is 0 Å². The number of halogens is 1. The molecule has 2 aliphatic carbocycles. The lowest BCUT2D eigenvalue weighted by atomic mass is 9.98. The number of nitrogens with two attached hydrogens (primary N) is 1. The van der Waals surface area contributed by atoms with E-state index in [4.69, 9.17) is 27.3 Å². The Morgan fingerprint density at radius 2 is 2.15 bits per heavy atom. The number of pyridine rings is 1. The molecule has 4 N–H and O–H groups in total. The van der Waals surface area contributed by atoms with Crippen molar-refractivity contribution in [3.63, 3.8) is 0 Å². The molecule has 0 spiro atoms. The maximum atomic E-state index is 11.2. The van der Waals surface area contributed by atoms with Gasteiger partial charge in [0.05, 0.1) is 39.8 Å². The van der Waals surface area contributed by atoms with Gasteiger partial charge < -0.3 is 16.0 Å². The molecular formula is C24H30ClN7OS. The van der Waals surface area contributed by atoms with Gasteiger partial charge in [-0.3, -0.25) is 14.7 Å². The molecule has 4 heterocycles. The van der Waals surface area contributed by atoms with E-state index in [1.807, 2.05) is 11.8 Å². The average molecular weight is 500 g/mol. The molecule has 1 amide bonds. The molecular weight excluding hydrogens is 470 g/mol. The number of allylic oxidation sites excluding steroid dienone is 1. The van der Waals surface area contributed by atoms with E-state index in [0.717, 1.165) is 49.4 Å². The third-order valence-corrected chi connectivity index (χ3v) is 9.54. The molecule has 0 aromatic carbocycles. The van der Waals surface area contributed by atoms with Crippen LogP contribution in [0.2, 0.25) is 5.02 Å². The Hall–Kier alpha value is -2.10. The number of primary amides is 1. The lowest BCUT2D eigenvalue weighted by molar-refractivity contribution is -0.119. The van der Waals surface area contributed by atoms with Gasteiger partial charge in [-0.1, -0.05) is 35.5 Å². The number of thioether (sulfide) groups is 1. The SMILES string of the molecule is CC1N=C(C2CCN(CC(N)=O)CC2)SC1c1nc2ncc(Cl)c(NC3CC4C=CC3C4)c2[nH]1. The number of carbonyl (C=O) groups is 1. The number of fused-ring (bicyclic) bond motifs is 3. The van der Waals surface area contributed by atoms with Crippen molar-refractivity contribution < 1.29 is 4.79 Å². The van der Waals surface area contributed by atoms with Crippen LogP contribution in [0.15, 0.2) is 23.3 Å². The Labute approximate surface area is 208 Å². The van der Waals surface area contributed by atoms with Gasteiger partial charge in [-0.25, -0.2) is 9.97 Å². The predicted octanol–water partition coefficient (Wildman–Crippen LogP) is 3.76. The zero-order chi connectivity index (χ0) is 23.4. The number of aromatic amines is 1. The number of hydrogen-bond donors (Lipinski definition) is 3. The summed E-state index contributed by atoms with van der Waals surface area (Å²) in [5.41, 5.74) is 7.85. The van der Waals surface area contributed by atoms with Crippen molar-refractivity contribution in [1.29, 1.82) is 0 Å². The minimum absolute atomic E-state index is 0.130. The zero-order valence-electron chi connectivity index (χ0n) is 19.2. The number of rotatable bonds is 6. The minimum Gasteiger partial charge on any atom is -0.379 e. The minimum atomic E-state index is -0.260. The van der Waals surface area contributed by atoms with Crippen LogP contribution in [0.3, 0.4) is 0 Å². The molecule has 8 nitrogen and oxygen atoms in total. The number of nitrogens with zero attached hydrogens (tertiary/aromatic N) is 4. The summed E-state index contributed by atoms with van der Waals surface area (Å²) in [6, 6.07) is 0.534. The number of hydrogen-bond acceptors (Lipinski definition) is 7. The first-order valence-corrected chi connectivity index (χ1v) is 13.4. The molecule has 5 atom stereocenters. The van der Waals surface area contributed by atoms with Crippen LogP contribution >= 0.6 is 23.4 Å². The lowest BCUT2D eigenvalue weighted by Crippen LogP contribution is -2.40. The van der Waals surface area contributed by atoms with Gasteiger partial charge in [0.1, 0.15) is 11.3 Å². The van der Waals surface area contributed by atoms with Crippen molar-refractivity contribution in [1.82, 2.24) is 19.9 Å². The van der Waals surface area contributed by atoms with Gasteiger partial charge in [0, 0.05) is 12.0 Å². The summed E-state index contributed by atoms with van der Waals surface area (Å²) in [7, 11) is 0. The summed E-state index contributed by atoms with van der Waals surface area (Å²) in [6.45, 7) is 4.26. The number of H-pyrrole nitrogens is 1. The maximum Gasteiger partial charge on any atom is 0.231 e. The second kappa shape index (κ2) is 8.84. The number of aromatic nitrogens is 3. The van der Waals surface area contributed by atoms with Gasteiger partial charge in [-0.15, -0.1) is 0 Å². The number of likely N-dealkylation sites (tertiary alicyclic amines) is 1. The monoisotopic (exact) mass is 499 g/mol. The fraction of sp³-hybridized carbons (Fsp3) is 0.583. The van der Waals surface area contributed by atoms with Gasteiger partial charge >= 0.3 is 0 Å². The topological polar surface area (TPSA) is 112 Å². The van der Waals surface area contributed by atoms with Gasteiger partial charge in [-0.2, -0.15) is 0 Å². The molecule has 0 radical (unpaired) electrons. The second-order valence-corrected chi connectivity index (χ2v) is 11.7. The molecule has 1 saturated carbocycles. The predicted molar refractivity (Wildman–Crippen MR) is 137 cm³/mol. The van der Waals surface area contributed by atoms with Crippen LogP contribution in [0.1, 0.15) is 43.7 Å². The molecule has 5 unspecified atom stereocenters. The quantitative estimate of drug-likeness (QED) is 0.522. The number of carbonyl (C=O) groups excluding carboxylic acids is 1. The second-order valence-electron chi connectivity index (χ2n) is 10.1. The highest BCUT2D eigenvalue weighted by molar-refractivity contribution is 8.14. The molecule has 6 rings (SSSR count). The highest BCUT2D eigenvalue weighted by atomic mass is 35.5. The molecule has 1 saturated heterocycles. The van der Waals surface area contributed by atoms with Crippen LogP contribution in [0.5, 0.6) is 0 Å². The summed E-state index contributed by atoms with van der Waals surface area (Å²) in [6.07, 6.45) is 10.8. The molecule has 10 heteroatoms. The van der Waals surface area contributed by atoms with Gasteiger partial charge in [-0.05, 0) is 57.5 Å². The molecule has 2 aromatic rings. The number of imidazole rings is 1. The zero-order valence-corrected chi connectivity index (χ0v) is 20.8. The summed E-state index contributed by atoms with van der Waals surface area (Å²) in [5.74, 6) is 2.33. The first-order valence-electron chi connectivity index (χ1n) is 12.2. The number of amides is 1. The summed E-state index contributed by atoms with van der Waals surface area (Å²) in [4.78, 5) is 31.3. The molecule has 2 fully saturated rings. The van der Waals surface area contributed by atoms with Crippen molar-refractivity contribution in [2.45, 2.75) is 49.9 Å². The Kier molecular flexibility index (Phi) is 5.82. The Balaban J connectivity index is 1.18. The normalized spacial score (nSPS) is 31.5. The van der Waals surface area contributed by atoms with Crippen LogP contribution in [0, 0.1) is 17.8 Å². The fourth-order valence-corrected chi connectivity index (χ4v) is 7.53. The van der Waals surface area contributed by atoms with E-state index < -0.39 is 0 Å². The molecule has 2 aromatic heterocycles. The third-order valence-electron chi connectivity index (χ3n) is 7.70. The molecule has 180 valence electrons. The van der Waals surface area contributed by atoms with Crippen molar-refractivity contribution in [2.24, 2.45) is 28.5 Å². The largest absolute Gasteiger partial charge is 0.379 e. The average Bonchev–Trinajstić information content (AvgIpc) is 3.59. The Morgan fingerprint density at radius 3 is 2.85 bits per heavy atom. The van der Waals surface area contributed by atoms with E-state index in [9.17, 15) is 4.79 Å². The Bertz CT molecular complexity index is 1170. The highest BCUT2D eigenvalue weighted by Gasteiger charge is 2.38. The van der Waals surface area contributed by atoms with Crippen LogP contribution < -0.4 is 11.1 Å². The summed E-state index contributed by atoms with van der Waals surface area (Å²) in [5, 5.41) is 5.67. The number of aliphatic imine (C=N–C) groups is 1. The van der Waals surface area contributed by atoms with Crippen molar-refractivity contribution in [2.75, 3.05) is 25.0 Å². The summed E-state index contributed by atoms with van der Waals surface area (Å²) < 4.78 is 0. The van der Waals surface area contributed by atoms with E-state index in [1.54, 1.807) is 6.20 Å². The number of piperidine rings is 1. The van der Waals surface area contributed by atoms with Gasteiger partial charge in [0.15, 0.2) is 5.65 Å². The third kappa shape index (κ3) is 4.12. The highest BCUT2D eigenvalue weighted by Crippen LogP contribution is 2.45. The van der Waals surface area contributed by atoms with Gasteiger partial charge in [0.25, 0.3) is 0 Å². The van der Waals surface area contributed by atoms with Crippen LogP contribution in [0.4, 0.5) is 5.69 Å². The maximum absolute atomic E-state index is 11.2. The van der Waals surface area contributed by atoms with E-state index in [-0.39, 0.29) is 17.2 Å². The fourth-order valence-electron chi connectivity index (χ4n) is 5.93. The van der Waals surface area contributed by atoms with Crippen molar-refractivity contribution in [3.05, 3.63) is 29.2 Å². The van der Waals surface area contributed by atoms with E-state index in [0.29, 0.717) is 41.0 Å². The Morgan fingerprint density at radius 1 is 1.32 bits per heavy atom. The molecule has 2 aliphatic heterocycles. The first-order chi connectivity index (χ1) is 16.4.